The standard InChI is InChI=1S/C9H6F3N3/c10-9(11,12)6-3-1-2-5-4-14-8(13)15-7(5)6/h1-4H,(H2,13,14,15). The maximum Gasteiger partial charge on any atom is 0.418 e. The predicted octanol–water partition coefficient (Wildman–Crippen LogP) is 2.23. The van der Waals surface area contributed by atoms with Crippen molar-refractivity contribution >= 4 is 16.9 Å². The van der Waals surface area contributed by atoms with E-state index < -0.39 is 11.7 Å². The molecule has 2 rings (SSSR count). The van der Waals surface area contributed by atoms with Gasteiger partial charge in [0.05, 0.1) is 11.1 Å². The molecule has 0 unspecified atom stereocenters. The monoisotopic (exact) mass is 213 g/mol. The summed E-state index contributed by atoms with van der Waals surface area (Å²) in [6.07, 6.45) is -3.16. The SMILES string of the molecule is Nc1ncc2cccc(C(F)(F)F)c2n1. The average molecular weight is 213 g/mol. The summed E-state index contributed by atoms with van der Waals surface area (Å²) in [5, 5.41) is 0.319. The van der Waals surface area contributed by atoms with E-state index in [1.54, 1.807) is 0 Å². The van der Waals surface area contributed by atoms with Gasteiger partial charge in [0, 0.05) is 11.6 Å². The summed E-state index contributed by atoms with van der Waals surface area (Å²) >= 11 is 0. The van der Waals surface area contributed by atoms with Gasteiger partial charge in [-0.05, 0) is 6.07 Å². The normalized spacial score (nSPS) is 11.9. The minimum atomic E-state index is -4.43. The summed E-state index contributed by atoms with van der Waals surface area (Å²) in [4.78, 5) is 7.22. The molecule has 0 bridgehead atoms. The summed E-state index contributed by atoms with van der Waals surface area (Å²) in [5.41, 5.74) is 4.28. The van der Waals surface area contributed by atoms with Crippen LogP contribution in [0.15, 0.2) is 24.4 Å². The molecule has 0 saturated heterocycles. The third-order valence-corrected chi connectivity index (χ3v) is 1.93. The molecule has 1 aromatic carbocycles. The molecule has 1 aromatic heterocycles. The number of rotatable bonds is 0. The highest BCUT2D eigenvalue weighted by atomic mass is 19.4. The van der Waals surface area contributed by atoms with Crippen molar-refractivity contribution in [2.24, 2.45) is 0 Å². The Morgan fingerprint density at radius 1 is 1.20 bits per heavy atom. The number of para-hydroxylation sites is 1. The number of nitrogen functional groups attached to an aromatic ring is 1. The van der Waals surface area contributed by atoms with Crippen molar-refractivity contribution in [2.75, 3.05) is 5.73 Å². The van der Waals surface area contributed by atoms with Crippen LogP contribution in [0, 0.1) is 0 Å². The van der Waals surface area contributed by atoms with Crippen LogP contribution in [0.5, 0.6) is 0 Å². The van der Waals surface area contributed by atoms with Gasteiger partial charge in [0.2, 0.25) is 5.95 Å². The van der Waals surface area contributed by atoms with Crippen molar-refractivity contribution in [1.29, 1.82) is 0 Å². The van der Waals surface area contributed by atoms with Crippen molar-refractivity contribution in [3.63, 3.8) is 0 Å². The van der Waals surface area contributed by atoms with Crippen molar-refractivity contribution in [3.8, 4) is 0 Å². The highest BCUT2D eigenvalue weighted by molar-refractivity contribution is 5.82. The first-order valence-electron chi connectivity index (χ1n) is 4.07. The zero-order valence-corrected chi connectivity index (χ0v) is 7.42. The topological polar surface area (TPSA) is 51.8 Å². The van der Waals surface area contributed by atoms with Gasteiger partial charge in [-0.1, -0.05) is 12.1 Å². The molecular formula is C9H6F3N3. The second-order valence-electron chi connectivity index (χ2n) is 2.97. The molecule has 0 fully saturated rings. The first kappa shape index (κ1) is 9.70. The highest BCUT2D eigenvalue weighted by Crippen LogP contribution is 2.33. The fourth-order valence-corrected chi connectivity index (χ4v) is 1.30. The van der Waals surface area contributed by atoms with Gasteiger partial charge in [0.25, 0.3) is 0 Å². The number of fused-ring (bicyclic) bond motifs is 1. The van der Waals surface area contributed by atoms with Crippen LogP contribution >= 0.6 is 0 Å². The molecule has 0 aliphatic rings. The Morgan fingerprint density at radius 2 is 1.93 bits per heavy atom. The maximum absolute atomic E-state index is 12.5. The highest BCUT2D eigenvalue weighted by Gasteiger charge is 2.33. The summed E-state index contributed by atoms with van der Waals surface area (Å²) in [6, 6.07) is 3.78. The number of hydrogen-bond donors (Lipinski definition) is 1. The van der Waals surface area contributed by atoms with Crippen LogP contribution in [-0.4, -0.2) is 9.97 Å². The molecule has 0 aliphatic carbocycles. The van der Waals surface area contributed by atoms with E-state index >= 15 is 0 Å². The van der Waals surface area contributed by atoms with Crippen LogP contribution in [0.25, 0.3) is 10.9 Å². The largest absolute Gasteiger partial charge is 0.418 e. The first-order valence-corrected chi connectivity index (χ1v) is 4.07. The lowest BCUT2D eigenvalue weighted by atomic mass is 10.1. The molecule has 0 spiro atoms. The molecule has 0 amide bonds. The van der Waals surface area contributed by atoms with E-state index in [4.69, 9.17) is 5.73 Å². The van der Waals surface area contributed by atoms with Gasteiger partial charge in [0.15, 0.2) is 0 Å². The number of nitrogens with two attached hydrogens (primary N) is 1. The lowest BCUT2D eigenvalue weighted by Crippen LogP contribution is -2.07. The van der Waals surface area contributed by atoms with Crippen LogP contribution in [-0.2, 0) is 6.18 Å². The zero-order chi connectivity index (χ0) is 11.1. The molecule has 0 saturated carbocycles. The molecule has 0 radical (unpaired) electrons. The minimum Gasteiger partial charge on any atom is -0.368 e. The lowest BCUT2D eigenvalue weighted by molar-refractivity contribution is -0.136. The zero-order valence-electron chi connectivity index (χ0n) is 7.42. The molecule has 78 valence electrons. The van der Waals surface area contributed by atoms with Crippen LogP contribution in [0.4, 0.5) is 19.1 Å². The summed E-state index contributed by atoms with van der Waals surface area (Å²) in [7, 11) is 0. The van der Waals surface area contributed by atoms with Gasteiger partial charge < -0.3 is 5.73 Å². The van der Waals surface area contributed by atoms with E-state index in [2.05, 4.69) is 9.97 Å². The minimum absolute atomic E-state index is 0.167. The van der Waals surface area contributed by atoms with Crippen LogP contribution in [0.1, 0.15) is 5.56 Å². The molecule has 0 atom stereocenters. The van der Waals surface area contributed by atoms with Gasteiger partial charge in [-0.15, -0.1) is 0 Å². The number of aromatic nitrogens is 2. The van der Waals surface area contributed by atoms with E-state index in [-0.39, 0.29) is 11.5 Å². The fraction of sp³-hybridized carbons (Fsp3) is 0.111. The first-order chi connectivity index (χ1) is 6.98. The Morgan fingerprint density at radius 3 is 2.60 bits per heavy atom. The average Bonchev–Trinajstić information content (AvgIpc) is 2.15. The predicted molar refractivity (Wildman–Crippen MR) is 49.0 cm³/mol. The second kappa shape index (κ2) is 3.08. The third-order valence-electron chi connectivity index (χ3n) is 1.93. The van der Waals surface area contributed by atoms with Gasteiger partial charge in [0.1, 0.15) is 0 Å². The van der Waals surface area contributed by atoms with Gasteiger partial charge in [-0.3, -0.25) is 0 Å². The van der Waals surface area contributed by atoms with Gasteiger partial charge in [-0.25, -0.2) is 9.97 Å². The van der Waals surface area contributed by atoms with E-state index in [1.807, 2.05) is 0 Å². The number of anilines is 1. The quantitative estimate of drug-likeness (QED) is 0.730. The molecule has 2 N–H and O–H groups in total. The Kier molecular flexibility index (Phi) is 1.99. The molecular weight excluding hydrogens is 207 g/mol. The number of halogens is 3. The Labute approximate surface area is 82.8 Å². The molecule has 15 heavy (non-hydrogen) atoms. The van der Waals surface area contributed by atoms with Crippen LogP contribution in [0.3, 0.4) is 0 Å². The van der Waals surface area contributed by atoms with Crippen molar-refractivity contribution < 1.29 is 13.2 Å². The van der Waals surface area contributed by atoms with Crippen molar-refractivity contribution in [1.82, 2.24) is 9.97 Å². The molecule has 6 heteroatoms. The van der Waals surface area contributed by atoms with Gasteiger partial charge in [-0.2, -0.15) is 13.2 Å². The summed E-state index contributed by atoms with van der Waals surface area (Å²) in [6.45, 7) is 0. The molecule has 0 aliphatic heterocycles. The fourth-order valence-electron chi connectivity index (χ4n) is 1.30. The van der Waals surface area contributed by atoms with E-state index in [9.17, 15) is 13.2 Å². The number of hydrogen-bond acceptors (Lipinski definition) is 3. The number of alkyl halides is 3. The number of nitrogens with zero attached hydrogens (tertiary/aromatic N) is 2. The van der Waals surface area contributed by atoms with E-state index in [0.717, 1.165) is 6.07 Å². The lowest BCUT2D eigenvalue weighted by Gasteiger charge is -2.08. The second-order valence-corrected chi connectivity index (χ2v) is 2.97. The molecule has 2 aromatic rings. The van der Waals surface area contributed by atoms with E-state index in [0.29, 0.717) is 5.39 Å². The Balaban J connectivity index is 2.80. The Hall–Kier alpha value is -1.85. The number of benzene rings is 1. The van der Waals surface area contributed by atoms with Gasteiger partial charge >= 0.3 is 6.18 Å². The van der Waals surface area contributed by atoms with E-state index in [1.165, 1.54) is 18.3 Å². The van der Waals surface area contributed by atoms with Crippen molar-refractivity contribution in [2.45, 2.75) is 6.18 Å². The third kappa shape index (κ3) is 1.70. The molecule has 3 nitrogen and oxygen atoms in total. The smallest absolute Gasteiger partial charge is 0.368 e. The maximum atomic E-state index is 12.5. The summed E-state index contributed by atoms with van der Waals surface area (Å²) in [5.74, 6) is -0.167. The summed E-state index contributed by atoms with van der Waals surface area (Å²) < 4.78 is 37.6. The van der Waals surface area contributed by atoms with Crippen LogP contribution in [0.2, 0.25) is 0 Å². The van der Waals surface area contributed by atoms with Crippen LogP contribution < -0.4 is 5.73 Å². The molecule has 1 heterocycles. The Bertz CT molecular complexity index is 507. The van der Waals surface area contributed by atoms with Crippen molar-refractivity contribution in [3.05, 3.63) is 30.0 Å².